The summed E-state index contributed by atoms with van der Waals surface area (Å²) in [5, 5.41) is 0. The third-order valence-corrected chi connectivity index (χ3v) is 1.65. The Morgan fingerprint density at radius 2 is 1.85 bits per heavy atom. The van der Waals surface area contributed by atoms with Crippen LogP contribution >= 0.6 is 12.4 Å². The maximum absolute atomic E-state index is 5.31. The van der Waals surface area contributed by atoms with Crippen LogP contribution in [0.15, 0.2) is 18.2 Å². The summed E-state index contributed by atoms with van der Waals surface area (Å²) in [4.78, 5) is 4.54. The van der Waals surface area contributed by atoms with E-state index in [4.69, 9.17) is 15.4 Å². The minimum atomic E-state index is 0. The first kappa shape index (κ1) is 9.95. The maximum atomic E-state index is 5.31. The molecule has 0 aliphatic carbocycles. The van der Waals surface area contributed by atoms with Crippen LogP contribution in [0.3, 0.4) is 0 Å². The van der Waals surface area contributed by atoms with E-state index in [-0.39, 0.29) is 12.4 Å². The minimum absolute atomic E-state index is 0. The topological polar surface area (TPSA) is 53.7 Å². The Morgan fingerprint density at radius 3 is 2.54 bits per heavy atom. The lowest BCUT2D eigenvalue weighted by Gasteiger charge is -2.18. The molecule has 0 unspecified atom stereocenters. The van der Waals surface area contributed by atoms with Crippen molar-refractivity contribution < 1.29 is 14.3 Å². The lowest BCUT2D eigenvalue weighted by atomic mass is 10.3. The van der Waals surface area contributed by atoms with E-state index >= 15 is 0 Å². The average Bonchev–Trinajstić information content (AvgIpc) is 2.17. The molecule has 1 aromatic rings. The number of hydrogen-bond acceptors (Lipinski definition) is 4. The first-order valence-electron chi connectivity index (χ1n) is 3.66. The second-order valence-corrected chi connectivity index (χ2v) is 2.42. The third kappa shape index (κ3) is 1.96. The largest absolute Gasteiger partial charge is 0.486 e. The van der Waals surface area contributed by atoms with Crippen LogP contribution in [0, 0.1) is 0 Å². The molecule has 0 spiro atoms. The molecule has 13 heavy (non-hydrogen) atoms. The molecule has 0 atom stereocenters. The minimum Gasteiger partial charge on any atom is -0.486 e. The molecule has 0 aromatic heterocycles. The molecule has 0 fully saturated rings. The van der Waals surface area contributed by atoms with Gasteiger partial charge in [-0.3, -0.25) is 0 Å². The van der Waals surface area contributed by atoms with E-state index in [1.165, 1.54) is 0 Å². The molecule has 72 valence electrons. The van der Waals surface area contributed by atoms with Crippen molar-refractivity contribution in [1.82, 2.24) is 0 Å². The highest BCUT2D eigenvalue weighted by atomic mass is 35.5. The zero-order valence-electron chi connectivity index (χ0n) is 6.86. The quantitative estimate of drug-likeness (QED) is 0.696. The van der Waals surface area contributed by atoms with Crippen LogP contribution in [0.5, 0.6) is 17.2 Å². The van der Waals surface area contributed by atoms with Crippen molar-refractivity contribution in [2.24, 2.45) is 5.90 Å². The molecule has 1 aromatic carbocycles. The predicted octanol–water partition coefficient (Wildman–Crippen LogP) is 1.13. The first-order valence-corrected chi connectivity index (χ1v) is 3.66. The Bertz CT molecular complexity index is 293. The molecule has 0 bridgehead atoms. The molecular weight excluding hydrogens is 194 g/mol. The molecule has 1 aliphatic rings. The van der Waals surface area contributed by atoms with E-state index in [1.54, 1.807) is 18.2 Å². The molecule has 0 saturated carbocycles. The Kier molecular flexibility index (Phi) is 3.22. The Hall–Kier alpha value is -1.13. The number of halogens is 1. The number of ether oxygens (including phenoxy) is 2. The van der Waals surface area contributed by atoms with E-state index in [2.05, 4.69) is 4.84 Å². The van der Waals surface area contributed by atoms with Crippen molar-refractivity contribution in [2.75, 3.05) is 13.2 Å². The lowest BCUT2D eigenvalue weighted by Crippen LogP contribution is -2.15. The van der Waals surface area contributed by atoms with Gasteiger partial charge in [-0.1, -0.05) is 0 Å². The predicted molar refractivity (Wildman–Crippen MR) is 49.5 cm³/mol. The van der Waals surface area contributed by atoms with Gasteiger partial charge in [0.1, 0.15) is 13.2 Å². The van der Waals surface area contributed by atoms with Crippen molar-refractivity contribution in [2.45, 2.75) is 0 Å². The van der Waals surface area contributed by atoms with Gasteiger partial charge in [-0.2, -0.15) is 5.90 Å². The SMILES string of the molecule is Cl.NOc1ccc2c(c1)OCCO2. The van der Waals surface area contributed by atoms with Gasteiger partial charge in [-0.15, -0.1) is 12.4 Å². The van der Waals surface area contributed by atoms with Crippen LogP contribution in [0.4, 0.5) is 0 Å². The first-order chi connectivity index (χ1) is 5.90. The summed E-state index contributed by atoms with van der Waals surface area (Å²) in [6.45, 7) is 1.16. The second-order valence-electron chi connectivity index (χ2n) is 2.42. The fraction of sp³-hybridized carbons (Fsp3) is 0.250. The normalized spacial score (nSPS) is 13.0. The van der Waals surface area contributed by atoms with Crippen LogP contribution in [0.1, 0.15) is 0 Å². The van der Waals surface area contributed by atoms with Crippen molar-refractivity contribution in [3.05, 3.63) is 18.2 Å². The molecule has 0 radical (unpaired) electrons. The van der Waals surface area contributed by atoms with Crippen molar-refractivity contribution in [1.29, 1.82) is 0 Å². The summed E-state index contributed by atoms with van der Waals surface area (Å²) in [5.74, 6) is 6.98. The molecule has 1 aliphatic heterocycles. The highest BCUT2D eigenvalue weighted by molar-refractivity contribution is 5.85. The van der Waals surface area contributed by atoms with Gasteiger partial charge in [0.25, 0.3) is 0 Å². The highest BCUT2D eigenvalue weighted by Crippen LogP contribution is 2.32. The summed E-state index contributed by atoms with van der Waals surface area (Å²) in [6, 6.07) is 5.21. The molecule has 0 amide bonds. The van der Waals surface area contributed by atoms with E-state index < -0.39 is 0 Å². The summed E-state index contributed by atoms with van der Waals surface area (Å²) in [6.07, 6.45) is 0. The van der Waals surface area contributed by atoms with E-state index in [9.17, 15) is 0 Å². The van der Waals surface area contributed by atoms with Crippen molar-refractivity contribution in [3.63, 3.8) is 0 Å². The van der Waals surface area contributed by atoms with Gasteiger partial charge in [0, 0.05) is 6.07 Å². The van der Waals surface area contributed by atoms with E-state index in [1.807, 2.05) is 0 Å². The van der Waals surface area contributed by atoms with Crippen LogP contribution in [-0.2, 0) is 0 Å². The summed E-state index contributed by atoms with van der Waals surface area (Å²) >= 11 is 0. The average molecular weight is 204 g/mol. The van der Waals surface area contributed by atoms with Crippen molar-refractivity contribution in [3.8, 4) is 17.2 Å². The molecule has 0 saturated heterocycles. The molecule has 2 rings (SSSR count). The van der Waals surface area contributed by atoms with Gasteiger partial charge >= 0.3 is 0 Å². The monoisotopic (exact) mass is 203 g/mol. The molecule has 5 heteroatoms. The number of nitrogens with two attached hydrogens (primary N) is 1. The smallest absolute Gasteiger partial charge is 0.165 e. The number of fused-ring (bicyclic) bond motifs is 1. The highest BCUT2D eigenvalue weighted by Gasteiger charge is 2.11. The summed E-state index contributed by atoms with van der Waals surface area (Å²) < 4.78 is 10.6. The molecule has 2 N–H and O–H groups in total. The molecule has 1 heterocycles. The van der Waals surface area contributed by atoms with Gasteiger partial charge in [0.2, 0.25) is 0 Å². The fourth-order valence-electron chi connectivity index (χ4n) is 1.10. The number of rotatable bonds is 1. The Balaban J connectivity index is 0.000000845. The Labute approximate surface area is 81.9 Å². The zero-order chi connectivity index (χ0) is 8.39. The van der Waals surface area contributed by atoms with Gasteiger partial charge in [0.05, 0.1) is 0 Å². The van der Waals surface area contributed by atoms with Gasteiger partial charge in [0.15, 0.2) is 17.2 Å². The van der Waals surface area contributed by atoms with E-state index in [0.717, 1.165) is 5.75 Å². The van der Waals surface area contributed by atoms with E-state index in [0.29, 0.717) is 24.7 Å². The standard InChI is InChI=1S/C8H9NO3.ClH/c9-12-6-1-2-7-8(5-6)11-4-3-10-7;/h1-2,5H,3-4,9H2;1H. The van der Waals surface area contributed by atoms with Crippen LogP contribution < -0.4 is 20.2 Å². The zero-order valence-corrected chi connectivity index (χ0v) is 7.67. The fourth-order valence-corrected chi connectivity index (χ4v) is 1.10. The van der Waals surface area contributed by atoms with Crippen LogP contribution in [0.2, 0.25) is 0 Å². The summed E-state index contributed by atoms with van der Waals surface area (Å²) in [7, 11) is 0. The molecule has 4 nitrogen and oxygen atoms in total. The second kappa shape index (κ2) is 4.20. The number of hydrogen-bond donors (Lipinski definition) is 1. The third-order valence-electron chi connectivity index (χ3n) is 1.65. The van der Waals surface area contributed by atoms with Crippen LogP contribution in [-0.4, -0.2) is 13.2 Å². The van der Waals surface area contributed by atoms with Gasteiger partial charge < -0.3 is 14.3 Å². The van der Waals surface area contributed by atoms with Gasteiger partial charge in [-0.25, -0.2) is 0 Å². The maximum Gasteiger partial charge on any atom is 0.165 e. The Morgan fingerprint density at radius 1 is 1.15 bits per heavy atom. The lowest BCUT2D eigenvalue weighted by molar-refractivity contribution is 0.170. The number of benzene rings is 1. The molecular formula is C8H10ClNO3. The van der Waals surface area contributed by atoms with Crippen LogP contribution in [0.25, 0.3) is 0 Å². The van der Waals surface area contributed by atoms with Crippen molar-refractivity contribution >= 4 is 12.4 Å². The van der Waals surface area contributed by atoms with Gasteiger partial charge in [-0.05, 0) is 12.1 Å². The summed E-state index contributed by atoms with van der Waals surface area (Å²) in [5.41, 5.74) is 0.